The normalized spacial score (nSPS) is 20.1. The second-order valence-corrected chi connectivity index (χ2v) is 11.5. The van der Waals surface area contributed by atoms with Crippen LogP contribution < -0.4 is 5.32 Å². The van der Waals surface area contributed by atoms with Crippen molar-refractivity contribution in [2.75, 3.05) is 19.6 Å². The number of aryl methyl sites for hydroxylation is 2. The lowest BCUT2D eigenvalue weighted by molar-refractivity contribution is -0.124. The van der Waals surface area contributed by atoms with Crippen molar-refractivity contribution in [1.82, 2.24) is 10.2 Å². The van der Waals surface area contributed by atoms with Crippen LogP contribution in [0.4, 0.5) is 0 Å². The quantitative estimate of drug-likeness (QED) is 0.692. The number of likely N-dealkylation sites (tertiary alicyclic amines) is 1. The second-order valence-electron chi connectivity index (χ2n) is 9.30. The van der Waals surface area contributed by atoms with Crippen LogP contribution in [-0.4, -0.2) is 49.6 Å². The highest BCUT2D eigenvalue weighted by Crippen LogP contribution is 2.42. The van der Waals surface area contributed by atoms with Gasteiger partial charge in [0.05, 0.1) is 4.90 Å². The van der Waals surface area contributed by atoms with Gasteiger partial charge >= 0.3 is 0 Å². The van der Waals surface area contributed by atoms with Gasteiger partial charge in [-0.15, -0.1) is 0 Å². The summed E-state index contributed by atoms with van der Waals surface area (Å²) >= 11 is 0. The molecule has 5 nitrogen and oxygen atoms in total. The van der Waals surface area contributed by atoms with Gasteiger partial charge in [-0.25, -0.2) is 8.42 Å². The fourth-order valence-electron chi connectivity index (χ4n) is 4.66. The average molecular weight is 433 g/mol. The predicted molar refractivity (Wildman–Crippen MR) is 121 cm³/mol. The molecule has 0 atom stereocenters. The molecule has 3 rings (SSSR count). The zero-order valence-electron chi connectivity index (χ0n) is 18.8. The lowest BCUT2D eigenvalue weighted by Crippen LogP contribution is -2.55. The highest BCUT2D eigenvalue weighted by Gasteiger charge is 2.53. The summed E-state index contributed by atoms with van der Waals surface area (Å²) in [6.45, 7) is 10.7. The molecule has 1 aromatic rings. The Morgan fingerprint density at radius 1 is 1.17 bits per heavy atom. The summed E-state index contributed by atoms with van der Waals surface area (Å²) in [6.07, 6.45) is 6.33. The highest BCUT2D eigenvalue weighted by atomic mass is 32.2. The third-order valence-corrected chi connectivity index (χ3v) is 9.29. The fraction of sp³-hybridized carbons (Fsp3) is 0.625. The predicted octanol–water partition coefficient (Wildman–Crippen LogP) is 3.94. The van der Waals surface area contributed by atoms with Gasteiger partial charge in [0, 0.05) is 25.7 Å². The number of rotatable bonds is 6. The summed E-state index contributed by atoms with van der Waals surface area (Å²) in [4.78, 5) is 16.1. The molecule has 0 radical (unpaired) electrons. The van der Waals surface area contributed by atoms with E-state index in [1.165, 1.54) is 5.57 Å². The molecule has 2 aliphatic rings. The molecule has 0 bridgehead atoms. The molecule has 0 aromatic heterocycles. The maximum atomic E-state index is 13.7. The molecule has 1 heterocycles. The Bertz CT molecular complexity index is 902. The van der Waals surface area contributed by atoms with E-state index in [9.17, 15) is 13.2 Å². The van der Waals surface area contributed by atoms with Crippen molar-refractivity contribution in [3.8, 4) is 0 Å². The molecule has 1 saturated carbocycles. The third-order valence-electron chi connectivity index (χ3n) is 6.65. The molecule has 1 aromatic carbocycles. The Kier molecular flexibility index (Phi) is 7.08. The molecule has 1 saturated heterocycles. The number of allylic oxidation sites excluding steroid dienone is 1. The van der Waals surface area contributed by atoms with Gasteiger partial charge < -0.3 is 5.32 Å². The van der Waals surface area contributed by atoms with Gasteiger partial charge in [0.15, 0.2) is 14.6 Å². The summed E-state index contributed by atoms with van der Waals surface area (Å²) in [6, 6.07) is 5.52. The molecular formula is C24H36N2O3S. The largest absolute Gasteiger partial charge is 0.352 e. The van der Waals surface area contributed by atoms with Crippen LogP contribution in [-0.2, 0) is 14.6 Å². The van der Waals surface area contributed by atoms with Crippen molar-refractivity contribution < 1.29 is 13.2 Å². The zero-order chi connectivity index (χ0) is 21.9. The highest BCUT2D eigenvalue weighted by molar-refractivity contribution is 7.93. The van der Waals surface area contributed by atoms with E-state index in [1.807, 2.05) is 26.0 Å². The van der Waals surface area contributed by atoms with Crippen LogP contribution in [0.15, 0.2) is 34.7 Å². The Hall–Kier alpha value is -1.66. The van der Waals surface area contributed by atoms with Crippen LogP contribution >= 0.6 is 0 Å². The maximum absolute atomic E-state index is 13.7. The minimum absolute atomic E-state index is 0.0479. The van der Waals surface area contributed by atoms with Gasteiger partial charge in [0.25, 0.3) is 0 Å². The molecular weight excluding hydrogens is 396 g/mol. The van der Waals surface area contributed by atoms with E-state index in [0.717, 1.165) is 50.9 Å². The van der Waals surface area contributed by atoms with Crippen LogP contribution in [0.2, 0.25) is 0 Å². The van der Waals surface area contributed by atoms with E-state index in [-0.39, 0.29) is 11.9 Å². The van der Waals surface area contributed by atoms with Crippen molar-refractivity contribution in [2.24, 2.45) is 0 Å². The number of carbonyl (C=O) groups is 1. The van der Waals surface area contributed by atoms with E-state index >= 15 is 0 Å². The lowest BCUT2D eigenvalue weighted by atomic mass is 10.0. The van der Waals surface area contributed by atoms with Crippen molar-refractivity contribution in [3.63, 3.8) is 0 Å². The summed E-state index contributed by atoms with van der Waals surface area (Å²) in [7, 11) is -3.76. The molecule has 166 valence electrons. The second kappa shape index (κ2) is 9.23. The number of hydrogen-bond donors (Lipinski definition) is 1. The number of benzene rings is 1. The van der Waals surface area contributed by atoms with Crippen LogP contribution in [0.25, 0.3) is 0 Å². The van der Waals surface area contributed by atoms with Crippen LogP contribution in [0.5, 0.6) is 0 Å². The summed E-state index contributed by atoms with van der Waals surface area (Å²) in [5.74, 6) is -0.288. The first-order valence-corrected chi connectivity index (χ1v) is 12.6. The lowest BCUT2D eigenvalue weighted by Gasteiger charge is -2.35. The SMILES string of the molecule is CC(C)=CCN1CCC(NC(=O)C2(S(=O)(=O)c3cc(C)ccc3C)CCCC2)CC1. The van der Waals surface area contributed by atoms with Crippen molar-refractivity contribution >= 4 is 15.7 Å². The number of nitrogens with zero attached hydrogens (tertiary/aromatic N) is 1. The smallest absolute Gasteiger partial charge is 0.242 e. The first-order chi connectivity index (χ1) is 14.2. The van der Waals surface area contributed by atoms with Gasteiger partial charge in [-0.3, -0.25) is 9.69 Å². The Morgan fingerprint density at radius 3 is 2.40 bits per heavy atom. The molecule has 0 spiro atoms. The van der Waals surface area contributed by atoms with Gasteiger partial charge in [-0.1, -0.05) is 36.6 Å². The van der Waals surface area contributed by atoms with Gasteiger partial charge in [-0.2, -0.15) is 0 Å². The first kappa shape index (κ1) is 23.0. The third kappa shape index (κ3) is 4.65. The van der Waals surface area contributed by atoms with E-state index < -0.39 is 14.6 Å². The van der Waals surface area contributed by atoms with Crippen LogP contribution in [0.1, 0.15) is 63.5 Å². The number of sulfone groups is 1. The van der Waals surface area contributed by atoms with E-state index in [1.54, 1.807) is 6.07 Å². The molecule has 0 unspecified atom stereocenters. The van der Waals surface area contributed by atoms with Crippen LogP contribution in [0, 0.1) is 13.8 Å². The number of amides is 1. The standard InChI is InChI=1S/C24H36N2O3S/c1-18(2)9-14-26-15-10-21(11-16-26)25-23(27)24(12-5-6-13-24)30(28,29)22-17-19(3)7-8-20(22)4/h7-9,17,21H,5-6,10-16H2,1-4H3,(H,25,27). The Morgan fingerprint density at radius 2 is 1.80 bits per heavy atom. The van der Waals surface area contributed by atoms with E-state index in [2.05, 4.69) is 30.1 Å². The van der Waals surface area contributed by atoms with Gasteiger partial charge in [0.1, 0.15) is 0 Å². The summed E-state index contributed by atoms with van der Waals surface area (Å²) in [5, 5.41) is 3.14. The van der Waals surface area contributed by atoms with Gasteiger partial charge in [-0.05, 0) is 70.6 Å². The first-order valence-electron chi connectivity index (χ1n) is 11.1. The molecule has 1 N–H and O–H groups in total. The molecule has 1 aliphatic carbocycles. The molecule has 1 amide bonds. The molecule has 1 aliphatic heterocycles. The molecule has 30 heavy (non-hydrogen) atoms. The average Bonchev–Trinajstić information content (AvgIpc) is 3.21. The fourth-order valence-corrected chi connectivity index (χ4v) is 7.04. The summed E-state index contributed by atoms with van der Waals surface area (Å²) in [5.41, 5.74) is 2.92. The topological polar surface area (TPSA) is 66.5 Å². The van der Waals surface area contributed by atoms with Crippen molar-refractivity contribution in [3.05, 3.63) is 41.0 Å². The number of piperidine rings is 1. The number of nitrogens with one attached hydrogen (secondary N) is 1. The van der Waals surface area contributed by atoms with E-state index in [4.69, 9.17) is 0 Å². The van der Waals surface area contributed by atoms with E-state index in [0.29, 0.717) is 23.3 Å². The van der Waals surface area contributed by atoms with Crippen LogP contribution in [0.3, 0.4) is 0 Å². The van der Waals surface area contributed by atoms with Crippen molar-refractivity contribution in [1.29, 1.82) is 0 Å². The Labute approximate surface area is 181 Å². The monoisotopic (exact) mass is 432 g/mol. The minimum atomic E-state index is -3.76. The summed E-state index contributed by atoms with van der Waals surface area (Å²) < 4.78 is 26.1. The molecule has 6 heteroatoms. The maximum Gasteiger partial charge on any atom is 0.242 e. The minimum Gasteiger partial charge on any atom is -0.352 e. The number of hydrogen-bond acceptors (Lipinski definition) is 4. The van der Waals surface area contributed by atoms with Gasteiger partial charge in [0.2, 0.25) is 5.91 Å². The van der Waals surface area contributed by atoms with Crippen molar-refractivity contribution in [2.45, 2.75) is 81.9 Å². The molecule has 2 fully saturated rings. The number of carbonyl (C=O) groups excluding carboxylic acids is 1. The zero-order valence-corrected chi connectivity index (χ0v) is 19.6. The Balaban J connectivity index is 1.76.